The lowest BCUT2D eigenvalue weighted by Gasteiger charge is -2.34. The zero-order valence-electron chi connectivity index (χ0n) is 18.9. The predicted molar refractivity (Wildman–Crippen MR) is 115 cm³/mol. The number of unbranched alkanes of at least 4 members (excludes halogenated alkanes) is 1. The summed E-state index contributed by atoms with van der Waals surface area (Å²) in [7, 11) is 3.40. The quantitative estimate of drug-likeness (QED) is 0.447. The number of carbonyl (C=O) groups is 1. The van der Waals surface area contributed by atoms with E-state index in [0.717, 1.165) is 83.5 Å². The molecule has 1 aliphatic rings. The highest BCUT2D eigenvalue weighted by Gasteiger charge is 2.28. The van der Waals surface area contributed by atoms with Crippen molar-refractivity contribution in [2.75, 3.05) is 47.0 Å². The van der Waals surface area contributed by atoms with E-state index in [1.54, 1.807) is 14.2 Å². The second-order valence-corrected chi connectivity index (χ2v) is 7.99. The molecule has 0 heterocycles. The largest absolute Gasteiger partial charge is 0.415 e. The molecule has 1 aromatic carbocycles. The number of ether oxygens (including phenoxy) is 3. The Morgan fingerprint density at radius 3 is 2.45 bits per heavy atom. The number of carbonyl (C=O) groups excluding carboxylic acids is 1. The molecule has 0 unspecified atom stereocenters. The Morgan fingerprint density at radius 1 is 1.06 bits per heavy atom. The summed E-state index contributed by atoms with van der Waals surface area (Å²) >= 11 is 0. The molecule has 6 nitrogen and oxygen atoms in total. The van der Waals surface area contributed by atoms with E-state index in [1.165, 1.54) is 11.0 Å². The van der Waals surface area contributed by atoms with E-state index >= 15 is 0 Å². The van der Waals surface area contributed by atoms with Crippen molar-refractivity contribution >= 4 is 6.09 Å². The SMILES string of the molecule is CCN(CCCCOC1CCC(N(C)C(=O)Oc2ccc(F)c(F)c2)CC1)CCOC. The molecular formula is C23H36F2N2O4. The van der Waals surface area contributed by atoms with Gasteiger partial charge in [-0.2, -0.15) is 0 Å². The van der Waals surface area contributed by atoms with E-state index in [9.17, 15) is 13.6 Å². The normalized spacial score (nSPS) is 18.9. The summed E-state index contributed by atoms with van der Waals surface area (Å²) in [4.78, 5) is 16.2. The number of likely N-dealkylation sites (N-methyl/N-ethyl adjacent to an activating group) is 1. The lowest BCUT2D eigenvalue weighted by molar-refractivity contribution is 0.00980. The van der Waals surface area contributed by atoms with Gasteiger partial charge in [-0.1, -0.05) is 6.92 Å². The first-order chi connectivity index (χ1) is 14.9. The van der Waals surface area contributed by atoms with Gasteiger partial charge in [-0.3, -0.25) is 0 Å². The number of methoxy groups -OCH3 is 1. The van der Waals surface area contributed by atoms with Crippen LogP contribution in [0.15, 0.2) is 18.2 Å². The third-order valence-electron chi connectivity index (χ3n) is 5.86. The van der Waals surface area contributed by atoms with Crippen LogP contribution in [0.1, 0.15) is 45.4 Å². The van der Waals surface area contributed by atoms with Crippen LogP contribution in [0.5, 0.6) is 5.75 Å². The van der Waals surface area contributed by atoms with Crippen molar-refractivity contribution in [2.45, 2.75) is 57.6 Å². The van der Waals surface area contributed by atoms with Gasteiger partial charge in [0.15, 0.2) is 11.6 Å². The molecule has 0 N–H and O–H groups in total. The van der Waals surface area contributed by atoms with Gasteiger partial charge in [0.25, 0.3) is 0 Å². The van der Waals surface area contributed by atoms with Crippen molar-refractivity contribution in [3.63, 3.8) is 0 Å². The smallest absolute Gasteiger partial charge is 0.410 e. The van der Waals surface area contributed by atoms with E-state index in [-0.39, 0.29) is 17.9 Å². The van der Waals surface area contributed by atoms with Crippen LogP contribution >= 0.6 is 0 Å². The number of benzene rings is 1. The van der Waals surface area contributed by atoms with Crippen molar-refractivity contribution < 1.29 is 27.8 Å². The minimum Gasteiger partial charge on any atom is -0.410 e. The van der Waals surface area contributed by atoms with Crippen molar-refractivity contribution in [1.29, 1.82) is 0 Å². The molecule has 176 valence electrons. The fourth-order valence-electron chi connectivity index (χ4n) is 3.80. The summed E-state index contributed by atoms with van der Waals surface area (Å²) in [6, 6.07) is 3.12. The molecule has 0 saturated heterocycles. The standard InChI is InChI=1S/C23H36F2N2O4/c1-4-27(14-16-29-3)13-5-6-15-30-19-9-7-18(8-10-19)26(2)23(28)31-20-11-12-21(24)22(25)17-20/h11-12,17-19H,4-10,13-16H2,1-3H3. The molecule has 0 aliphatic heterocycles. The molecule has 1 aromatic rings. The summed E-state index contributed by atoms with van der Waals surface area (Å²) in [5, 5.41) is 0. The fourth-order valence-corrected chi connectivity index (χ4v) is 3.80. The van der Waals surface area contributed by atoms with Crippen LogP contribution < -0.4 is 4.74 Å². The van der Waals surface area contributed by atoms with Crippen LogP contribution in [-0.2, 0) is 9.47 Å². The zero-order valence-corrected chi connectivity index (χ0v) is 18.9. The molecule has 0 bridgehead atoms. The first kappa shape index (κ1) is 25.5. The van der Waals surface area contributed by atoms with Crippen LogP contribution in [0.2, 0.25) is 0 Å². The molecule has 1 fully saturated rings. The van der Waals surface area contributed by atoms with Gasteiger partial charge in [0.05, 0.1) is 12.7 Å². The van der Waals surface area contributed by atoms with Crippen molar-refractivity contribution in [3.8, 4) is 5.75 Å². The molecule has 8 heteroatoms. The average molecular weight is 443 g/mol. The van der Waals surface area contributed by atoms with Gasteiger partial charge in [0.1, 0.15) is 5.75 Å². The van der Waals surface area contributed by atoms with E-state index in [0.29, 0.717) is 0 Å². The van der Waals surface area contributed by atoms with Gasteiger partial charge in [0, 0.05) is 39.4 Å². The maximum Gasteiger partial charge on any atom is 0.415 e. The van der Waals surface area contributed by atoms with Gasteiger partial charge in [0.2, 0.25) is 0 Å². The summed E-state index contributed by atoms with van der Waals surface area (Å²) in [6.45, 7) is 6.72. The number of hydrogen-bond acceptors (Lipinski definition) is 5. The highest BCUT2D eigenvalue weighted by molar-refractivity contribution is 5.70. The zero-order chi connectivity index (χ0) is 22.6. The molecule has 0 aromatic heterocycles. The number of rotatable bonds is 12. The van der Waals surface area contributed by atoms with Gasteiger partial charge < -0.3 is 24.0 Å². The fraction of sp³-hybridized carbons (Fsp3) is 0.696. The summed E-state index contributed by atoms with van der Waals surface area (Å²) in [5.41, 5.74) is 0. The Morgan fingerprint density at radius 2 is 1.81 bits per heavy atom. The number of hydrogen-bond donors (Lipinski definition) is 0. The van der Waals surface area contributed by atoms with E-state index in [4.69, 9.17) is 14.2 Å². The highest BCUT2D eigenvalue weighted by atomic mass is 19.2. The lowest BCUT2D eigenvalue weighted by Crippen LogP contribution is -2.42. The summed E-state index contributed by atoms with van der Waals surface area (Å²) in [5.74, 6) is -2.01. The molecule has 1 amide bonds. The third kappa shape index (κ3) is 8.71. The first-order valence-electron chi connectivity index (χ1n) is 11.2. The monoisotopic (exact) mass is 442 g/mol. The minimum atomic E-state index is -1.04. The van der Waals surface area contributed by atoms with Crippen LogP contribution in [0, 0.1) is 11.6 Å². The van der Waals surface area contributed by atoms with Crippen molar-refractivity contribution in [3.05, 3.63) is 29.8 Å². The Bertz CT molecular complexity index is 669. The van der Waals surface area contributed by atoms with E-state index in [1.807, 2.05) is 0 Å². The maximum absolute atomic E-state index is 13.3. The molecule has 0 radical (unpaired) electrons. The number of halogens is 2. The van der Waals surface area contributed by atoms with Crippen LogP contribution in [0.3, 0.4) is 0 Å². The first-order valence-corrected chi connectivity index (χ1v) is 11.2. The molecular weight excluding hydrogens is 406 g/mol. The second kappa shape index (κ2) is 13.6. The topological polar surface area (TPSA) is 51.2 Å². The van der Waals surface area contributed by atoms with E-state index in [2.05, 4.69) is 11.8 Å². The molecule has 31 heavy (non-hydrogen) atoms. The van der Waals surface area contributed by atoms with Gasteiger partial charge in [-0.25, -0.2) is 13.6 Å². The molecule has 2 rings (SSSR count). The molecule has 1 aliphatic carbocycles. The number of amides is 1. The van der Waals surface area contributed by atoms with Crippen molar-refractivity contribution in [1.82, 2.24) is 9.80 Å². The average Bonchev–Trinajstić information content (AvgIpc) is 2.78. The van der Waals surface area contributed by atoms with Gasteiger partial charge >= 0.3 is 6.09 Å². The van der Waals surface area contributed by atoms with Crippen molar-refractivity contribution in [2.24, 2.45) is 0 Å². The third-order valence-corrected chi connectivity index (χ3v) is 5.86. The second-order valence-electron chi connectivity index (χ2n) is 7.99. The maximum atomic E-state index is 13.3. The Balaban J connectivity index is 1.62. The van der Waals surface area contributed by atoms with Gasteiger partial charge in [-0.05, 0) is 63.7 Å². The van der Waals surface area contributed by atoms with Crippen LogP contribution in [0.4, 0.5) is 13.6 Å². The van der Waals surface area contributed by atoms with E-state index < -0.39 is 17.7 Å². The summed E-state index contributed by atoms with van der Waals surface area (Å²) < 4.78 is 42.6. The van der Waals surface area contributed by atoms with Gasteiger partial charge in [-0.15, -0.1) is 0 Å². The molecule has 0 atom stereocenters. The minimum absolute atomic E-state index is 0.00312. The molecule has 1 saturated carbocycles. The van der Waals surface area contributed by atoms with Crippen LogP contribution in [0.25, 0.3) is 0 Å². The Labute approximate surface area is 184 Å². The predicted octanol–water partition coefficient (Wildman–Crippen LogP) is 4.47. The Kier molecular flexibility index (Phi) is 11.2. The lowest BCUT2D eigenvalue weighted by atomic mass is 9.92. The summed E-state index contributed by atoms with van der Waals surface area (Å²) in [6.07, 6.45) is 5.23. The number of nitrogens with zero attached hydrogens (tertiary/aromatic N) is 2. The van der Waals surface area contributed by atoms with Crippen LogP contribution in [-0.4, -0.2) is 75.0 Å². The molecule has 0 spiro atoms. The highest BCUT2D eigenvalue weighted by Crippen LogP contribution is 2.26. The Hall–Kier alpha value is -1.77.